The lowest BCUT2D eigenvalue weighted by Crippen LogP contribution is -2.39. The first kappa shape index (κ1) is 15.9. The molecule has 1 saturated heterocycles. The van der Waals surface area contributed by atoms with Gasteiger partial charge in [-0.25, -0.2) is 8.78 Å². The largest absolute Gasteiger partial charge is 0.391 e. The molecule has 0 unspecified atom stereocenters. The van der Waals surface area contributed by atoms with Crippen molar-refractivity contribution in [2.24, 2.45) is 5.92 Å². The molecule has 1 aromatic carbocycles. The van der Waals surface area contributed by atoms with Crippen molar-refractivity contribution >= 4 is 5.91 Å². The van der Waals surface area contributed by atoms with Crippen LogP contribution in [0.4, 0.5) is 8.78 Å². The highest BCUT2D eigenvalue weighted by molar-refractivity contribution is 5.79. The van der Waals surface area contributed by atoms with Gasteiger partial charge in [-0.2, -0.15) is 0 Å². The molecule has 1 amide bonds. The predicted molar refractivity (Wildman–Crippen MR) is 72.6 cm³/mol. The molecule has 6 heteroatoms. The number of hydrogen-bond donors (Lipinski definition) is 2. The molecule has 1 heterocycles. The van der Waals surface area contributed by atoms with E-state index in [1.54, 1.807) is 0 Å². The molecule has 0 saturated carbocycles. The summed E-state index contributed by atoms with van der Waals surface area (Å²) in [6.45, 7) is 2.42. The van der Waals surface area contributed by atoms with E-state index in [0.29, 0.717) is 13.0 Å². The van der Waals surface area contributed by atoms with Crippen LogP contribution in [0.1, 0.15) is 18.9 Å². The van der Waals surface area contributed by atoms with Gasteiger partial charge in [-0.1, -0.05) is 6.07 Å². The van der Waals surface area contributed by atoms with Gasteiger partial charge >= 0.3 is 0 Å². The number of rotatable bonds is 5. The summed E-state index contributed by atoms with van der Waals surface area (Å²) in [5, 5.41) is 12.5. The van der Waals surface area contributed by atoms with Crippen LogP contribution < -0.4 is 5.32 Å². The van der Waals surface area contributed by atoms with Crippen molar-refractivity contribution in [3.05, 3.63) is 35.4 Å². The molecule has 1 fully saturated rings. The number of halogens is 2. The first-order valence-electron chi connectivity index (χ1n) is 6.98. The number of nitrogens with one attached hydrogen (secondary N) is 1. The third-order valence-corrected chi connectivity index (χ3v) is 3.70. The van der Waals surface area contributed by atoms with Gasteiger partial charge < -0.3 is 15.2 Å². The molecular weight excluding hydrogens is 280 g/mol. The standard InChI is InChI=1S/C15H19F2NO3/c1-9-13(4-5-21-9)15(20)18-8-12(19)6-10-2-3-11(16)7-14(10)17/h2-3,7,9,12-13,19H,4-6,8H2,1H3,(H,18,20)/t9-,12-,13+/m0/s1. The molecular formula is C15H19F2NO3. The Morgan fingerprint density at radius 1 is 1.52 bits per heavy atom. The van der Waals surface area contributed by atoms with Gasteiger partial charge in [0.2, 0.25) is 5.91 Å². The fourth-order valence-corrected chi connectivity index (χ4v) is 2.44. The molecule has 0 radical (unpaired) electrons. The van der Waals surface area contributed by atoms with Crippen molar-refractivity contribution in [3.8, 4) is 0 Å². The number of carbonyl (C=O) groups is 1. The summed E-state index contributed by atoms with van der Waals surface area (Å²) in [5.41, 5.74) is 0.218. The van der Waals surface area contributed by atoms with Gasteiger partial charge in [0, 0.05) is 25.6 Å². The average molecular weight is 299 g/mol. The van der Waals surface area contributed by atoms with Crippen molar-refractivity contribution in [2.75, 3.05) is 13.2 Å². The van der Waals surface area contributed by atoms with E-state index in [2.05, 4.69) is 5.32 Å². The minimum atomic E-state index is -0.925. The zero-order valence-electron chi connectivity index (χ0n) is 11.8. The highest BCUT2D eigenvalue weighted by Gasteiger charge is 2.30. The normalized spacial score (nSPS) is 23.0. The monoisotopic (exact) mass is 299 g/mol. The number of hydrogen-bond acceptors (Lipinski definition) is 3. The van der Waals surface area contributed by atoms with Crippen LogP contribution in [0, 0.1) is 17.6 Å². The zero-order valence-corrected chi connectivity index (χ0v) is 11.8. The SMILES string of the molecule is C[C@@H]1OCC[C@H]1C(=O)NC[C@@H](O)Cc1ccc(F)cc1F. The Morgan fingerprint density at radius 2 is 2.29 bits per heavy atom. The molecule has 0 aliphatic carbocycles. The van der Waals surface area contributed by atoms with E-state index in [9.17, 15) is 18.7 Å². The number of ether oxygens (including phenoxy) is 1. The van der Waals surface area contributed by atoms with E-state index >= 15 is 0 Å². The summed E-state index contributed by atoms with van der Waals surface area (Å²) in [6.07, 6.45) is -0.373. The molecule has 3 atom stereocenters. The van der Waals surface area contributed by atoms with Crippen molar-refractivity contribution in [1.82, 2.24) is 5.32 Å². The highest BCUT2D eigenvalue weighted by atomic mass is 19.1. The smallest absolute Gasteiger partial charge is 0.225 e. The lowest BCUT2D eigenvalue weighted by atomic mass is 10.0. The number of carbonyl (C=O) groups excluding carboxylic acids is 1. The summed E-state index contributed by atoms with van der Waals surface area (Å²) < 4.78 is 31.5. The molecule has 4 nitrogen and oxygen atoms in total. The average Bonchev–Trinajstić information content (AvgIpc) is 2.85. The number of aliphatic hydroxyl groups is 1. The summed E-state index contributed by atoms with van der Waals surface area (Å²) in [4.78, 5) is 11.9. The van der Waals surface area contributed by atoms with E-state index in [4.69, 9.17) is 4.74 Å². The van der Waals surface area contributed by atoms with Crippen LogP contribution in [-0.4, -0.2) is 36.4 Å². The second kappa shape index (κ2) is 6.95. The van der Waals surface area contributed by atoms with Gasteiger partial charge in [-0.05, 0) is 25.0 Å². The summed E-state index contributed by atoms with van der Waals surface area (Å²) in [7, 11) is 0. The number of benzene rings is 1. The quantitative estimate of drug-likeness (QED) is 0.864. The van der Waals surface area contributed by atoms with E-state index in [-0.39, 0.29) is 36.5 Å². The van der Waals surface area contributed by atoms with Crippen LogP contribution in [0.15, 0.2) is 18.2 Å². The lowest BCUT2D eigenvalue weighted by Gasteiger charge is -2.16. The molecule has 0 bridgehead atoms. The Morgan fingerprint density at radius 3 is 2.90 bits per heavy atom. The van der Waals surface area contributed by atoms with Gasteiger partial charge in [0.1, 0.15) is 11.6 Å². The predicted octanol–water partition coefficient (Wildman–Crippen LogP) is 1.41. The maximum absolute atomic E-state index is 13.5. The molecule has 0 aromatic heterocycles. The molecule has 1 aliphatic rings. The van der Waals surface area contributed by atoms with Crippen molar-refractivity contribution in [2.45, 2.75) is 32.0 Å². The number of amides is 1. The fourth-order valence-electron chi connectivity index (χ4n) is 2.44. The summed E-state index contributed by atoms with van der Waals surface area (Å²) in [5.74, 6) is -1.73. The van der Waals surface area contributed by atoms with Crippen LogP contribution in [-0.2, 0) is 16.0 Å². The Balaban J connectivity index is 1.81. The molecule has 2 N–H and O–H groups in total. The Labute approximate surface area is 122 Å². The third-order valence-electron chi connectivity index (χ3n) is 3.70. The van der Waals surface area contributed by atoms with Crippen LogP contribution >= 0.6 is 0 Å². The Kier molecular flexibility index (Phi) is 5.25. The summed E-state index contributed by atoms with van der Waals surface area (Å²) >= 11 is 0. The molecule has 1 aromatic rings. The van der Waals surface area contributed by atoms with Crippen LogP contribution in [0.3, 0.4) is 0 Å². The Bertz CT molecular complexity index is 510. The first-order valence-corrected chi connectivity index (χ1v) is 6.98. The second-order valence-corrected chi connectivity index (χ2v) is 5.31. The fraction of sp³-hybridized carbons (Fsp3) is 0.533. The molecule has 116 valence electrons. The molecule has 21 heavy (non-hydrogen) atoms. The number of aliphatic hydroxyl groups excluding tert-OH is 1. The third kappa shape index (κ3) is 4.22. The molecule has 0 spiro atoms. The molecule has 2 rings (SSSR count). The van der Waals surface area contributed by atoms with Gasteiger partial charge in [-0.3, -0.25) is 4.79 Å². The van der Waals surface area contributed by atoms with Crippen molar-refractivity contribution in [1.29, 1.82) is 0 Å². The van der Waals surface area contributed by atoms with E-state index in [0.717, 1.165) is 12.1 Å². The summed E-state index contributed by atoms with van der Waals surface area (Å²) in [6, 6.07) is 3.21. The van der Waals surface area contributed by atoms with Crippen molar-refractivity contribution < 1.29 is 23.4 Å². The second-order valence-electron chi connectivity index (χ2n) is 5.31. The van der Waals surface area contributed by atoms with E-state index < -0.39 is 17.7 Å². The maximum Gasteiger partial charge on any atom is 0.225 e. The van der Waals surface area contributed by atoms with Crippen LogP contribution in [0.2, 0.25) is 0 Å². The van der Waals surface area contributed by atoms with Crippen LogP contribution in [0.5, 0.6) is 0 Å². The lowest BCUT2D eigenvalue weighted by molar-refractivity contribution is -0.126. The van der Waals surface area contributed by atoms with Gasteiger partial charge in [-0.15, -0.1) is 0 Å². The zero-order chi connectivity index (χ0) is 15.4. The minimum absolute atomic E-state index is 0.0170. The topological polar surface area (TPSA) is 58.6 Å². The van der Waals surface area contributed by atoms with E-state index in [1.807, 2.05) is 6.92 Å². The Hall–Kier alpha value is -1.53. The van der Waals surface area contributed by atoms with Crippen LogP contribution in [0.25, 0.3) is 0 Å². The highest BCUT2D eigenvalue weighted by Crippen LogP contribution is 2.20. The van der Waals surface area contributed by atoms with Crippen molar-refractivity contribution in [3.63, 3.8) is 0 Å². The van der Waals surface area contributed by atoms with E-state index in [1.165, 1.54) is 6.07 Å². The first-order chi connectivity index (χ1) is 9.97. The van der Waals surface area contributed by atoms with Gasteiger partial charge in [0.05, 0.1) is 18.1 Å². The van der Waals surface area contributed by atoms with Gasteiger partial charge in [0.25, 0.3) is 0 Å². The van der Waals surface area contributed by atoms with Gasteiger partial charge in [0.15, 0.2) is 0 Å². The minimum Gasteiger partial charge on any atom is -0.391 e. The molecule has 1 aliphatic heterocycles. The maximum atomic E-state index is 13.5.